The molecule has 0 saturated carbocycles. The minimum absolute atomic E-state index is 0.0244. The molecule has 1 aliphatic heterocycles. The number of amides is 2. The van der Waals surface area contributed by atoms with Crippen molar-refractivity contribution in [2.24, 2.45) is 0 Å². The maximum atomic E-state index is 12.5. The number of furan rings is 1. The number of benzene rings is 1. The highest BCUT2D eigenvalue weighted by molar-refractivity contribution is 8.26. The van der Waals surface area contributed by atoms with Gasteiger partial charge in [-0.05, 0) is 36.4 Å². The van der Waals surface area contributed by atoms with Gasteiger partial charge in [-0.25, -0.2) is 4.79 Å². The smallest absolute Gasteiger partial charge is 0.339 e. The maximum Gasteiger partial charge on any atom is 0.339 e. The zero-order valence-corrected chi connectivity index (χ0v) is 17.0. The molecule has 1 saturated heterocycles. The van der Waals surface area contributed by atoms with Gasteiger partial charge in [-0.2, -0.15) is 0 Å². The van der Waals surface area contributed by atoms with Gasteiger partial charge in [0, 0.05) is 24.7 Å². The molecular weight excluding hydrogens is 428 g/mol. The molecule has 3 N–H and O–H groups in total. The van der Waals surface area contributed by atoms with E-state index in [2.05, 4.69) is 5.32 Å². The predicted molar refractivity (Wildman–Crippen MR) is 116 cm³/mol. The van der Waals surface area contributed by atoms with Crippen LogP contribution in [0, 0.1) is 0 Å². The first-order valence-corrected chi connectivity index (χ1v) is 9.89. The molecule has 0 bridgehead atoms. The van der Waals surface area contributed by atoms with Crippen LogP contribution >= 0.6 is 24.0 Å². The summed E-state index contributed by atoms with van der Waals surface area (Å²) >= 11 is 6.37. The molecule has 0 aliphatic carbocycles. The van der Waals surface area contributed by atoms with Crippen molar-refractivity contribution >= 4 is 57.8 Å². The van der Waals surface area contributed by atoms with E-state index in [1.54, 1.807) is 36.6 Å². The molecule has 3 rings (SSSR count). The summed E-state index contributed by atoms with van der Waals surface area (Å²) < 4.78 is 5.53. The third-order valence-electron chi connectivity index (χ3n) is 4.00. The van der Waals surface area contributed by atoms with Gasteiger partial charge in [0.15, 0.2) is 0 Å². The maximum absolute atomic E-state index is 12.5. The number of nitrogens with zero attached hydrogens (tertiary/aromatic N) is 1. The highest BCUT2D eigenvalue weighted by Crippen LogP contribution is 2.31. The molecule has 0 spiro atoms. The summed E-state index contributed by atoms with van der Waals surface area (Å²) in [6.07, 6.45) is 6.56. The SMILES string of the molecule is O=C(CCN1C(=O)/C(=C/C=C/c2ccco2)SC1=S)Nc1ccc(C(=O)O)c(O)c1. The normalized spacial score (nSPS) is 15.3. The van der Waals surface area contributed by atoms with E-state index in [1.165, 1.54) is 17.0 Å². The van der Waals surface area contributed by atoms with E-state index in [0.717, 1.165) is 17.8 Å². The first kappa shape index (κ1) is 21.3. The van der Waals surface area contributed by atoms with Crippen molar-refractivity contribution in [3.8, 4) is 5.75 Å². The van der Waals surface area contributed by atoms with Gasteiger partial charge in [0.25, 0.3) is 5.91 Å². The number of thiocarbonyl (C=S) groups is 1. The van der Waals surface area contributed by atoms with Crippen LogP contribution in [0.4, 0.5) is 5.69 Å². The number of aromatic carboxylic acids is 1. The molecule has 2 amide bonds. The Kier molecular flexibility index (Phi) is 6.70. The highest BCUT2D eigenvalue weighted by Gasteiger charge is 2.31. The Balaban J connectivity index is 1.55. The molecule has 10 heteroatoms. The fraction of sp³-hybridized carbons (Fsp3) is 0.100. The fourth-order valence-corrected chi connectivity index (χ4v) is 3.81. The third kappa shape index (κ3) is 5.16. The fourth-order valence-electron chi connectivity index (χ4n) is 2.55. The topological polar surface area (TPSA) is 120 Å². The second-order valence-electron chi connectivity index (χ2n) is 6.07. The number of allylic oxidation sites excluding steroid dienone is 2. The molecule has 1 aromatic carbocycles. The Morgan fingerprint density at radius 1 is 1.30 bits per heavy atom. The van der Waals surface area contributed by atoms with Gasteiger partial charge in [0.1, 0.15) is 21.4 Å². The number of carboxylic acids is 1. The summed E-state index contributed by atoms with van der Waals surface area (Å²) in [7, 11) is 0. The number of hydrogen-bond donors (Lipinski definition) is 3. The van der Waals surface area contributed by atoms with Crippen LogP contribution < -0.4 is 5.32 Å². The summed E-state index contributed by atoms with van der Waals surface area (Å²) in [6.45, 7) is 0.0922. The van der Waals surface area contributed by atoms with Crippen LogP contribution in [0.15, 0.2) is 58.1 Å². The van der Waals surface area contributed by atoms with E-state index in [9.17, 15) is 19.5 Å². The molecule has 30 heavy (non-hydrogen) atoms. The van der Waals surface area contributed by atoms with Gasteiger partial charge in [0.2, 0.25) is 5.91 Å². The highest BCUT2D eigenvalue weighted by atomic mass is 32.2. The number of phenols is 1. The van der Waals surface area contributed by atoms with E-state index >= 15 is 0 Å². The monoisotopic (exact) mass is 444 g/mol. The van der Waals surface area contributed by atoms with E-state index in [1.807, 2.05) is 0 Å². The molecule has 2 heterocycles. The summed E-state index contributed by atoms with van der Waals surface area (Å²) in [5, 5.41) is 21.1. The molecule has 8 nitrogen and oxygen atoms in total. The number of nitrogens with one attached hydrogen (secondary N) is 1. The van der Waals surface area contributed by atoms with Crippen LogP contribution in [0.5, 0.6) is 5.75 Å². The zero-order valence-electron chi connectivity index (χ0n) is 15.4. The van der Waals surface area contributed by atoms with Crippen molar-refractivity contribution < 1.29 is 29.0 Å². The molecule has 0 radical (unpaired) electrons. The van der Waals surface area contributed by atoms with E-state index < -0.39 is 17.6 Å². The number of hydrogen-bond acceptors (Lipinski definition) is 7. The summed E-state index contributed by atoms with van der Waals surface area (Å²) in [5.74, 6) is -1.77. The Morgan fingerprint density at radius 2 is 2.10 bits per heavy atom. The van der Waals surface area contributed by atoms with Crippen molar-refractivity contribution in [3.05, 3.63) is 65.0 Å². The molecule has 1 fully saturated rings. The summed E-state index contributed by atoms with van der Waals surface area (Å²) in [6, 6.07) is 7.25. The van der Waals surface area contributed by atoms with Crippen molar-refractivity contribution in [2.45, 2.75) is 6.42 Å². The minimum atomic E-state index is -1.27. The number of carbonyl (C=O) groups is 3. The molecule has 0 unspecified atom stereocenters. The lowest BCUT2D eigenvalue weighted by Crippen LogP contribution is -2.31. The number of anilines is 1. The molecule has 2 aromatic rings. The minimum Gasteiger partial charge on any atom is -0.507 e. The van der Waals surface area contributed by atoms with Crippen LogP contribution in [-0.2, 0) is 9.59 Å². The Morgan fingerprint density at radius 3 is 2.77 bits per heavy atom. The quantitative estimate of drug-likeness (QED) is 0.439. The molecule has 154 valence electrons. The van der Waals surface area contributed by atoms with Crippen molar-refractivity contribution in [3.63, 3.8) is 0 Å². The van der Waals surface area contributed by atoms with Crippen LogP contribution in [0.2, 0.25) is 0 Å². The van der Waals surface area contributed by atoms with Crippen LogP contribution in [0.1, 0.15) is 22.5 Å². The number of rotatable bonds is 7. The van der Waals surface area contributed by atoms with Crippen molar-refractivity contribution in [1.82, 2.24) is 4.90 Å². The third-order valence-corrected chi connectivity index (χ3v) is 5.40. The molecule has 1 aliphatic rings. The largest absolute Gasteiger partial charge is 0.507 e. The molecule has 1 aromatic heterocycles. The number of thioether (sulfide) groups is 1. The average Bonchev–Trinajstić information content (AvgIpc) is 3.29. The zero-order chi connectivity index (χ0) is 21.7. The first-order valence-electron chi connectivity index (χ1n) is 8.67. The Bertz CT molecular complexity index is 1060. The number of aromatic hydroxyl groups is 1. The predicted octanol–water partition coefficient (Wildman–Crippen LogP) is 3.47. The lowest BCUT2D eigenvalue weighted by Gasteiger charge is -2.14. The van der Waals surface area contributed by atoms with Gasteiger partial charge >= 0.3 is 5.97 Å². The van der Waals surface area contributed by atoms with Crippen molar-refractivity contribution in [2.75, 3.05) is 11.9 Å². The van der Waals surface area contributed by atoms with E-state index in [4.69, 9.17) is 21.7 Å². The molecular formula is C20H16N2O6S2. The van der Waals surface area contributed by atoms with Gasteiger partial charge in [-0.1, -0.05) is 30.1 Å². The Hall–Kier alpha value is -3.37. The van der Waals surface area contributed by atoms with Gasteiger partial charge in [0.05, 0.1) is 11.2 Å². The van der Waals surface area contributed by atoms with Crippen LogP contribution in [-0.4, -0.2) is 43.8 Å². The number of carbonyl (C=O) groups excluding carboxylic acids is 2. The lowest BCUT2D eigenvalue weighted by atomic mass is 10.2. The Labute approximate surface area is 180 Å². The van der Waals surface area contributed by atoms with E-state index in [-0.39, 0.29) is 30.1 Å². The van der Waals surface area contributed by atoms with Gasteiger partial charge in [-0.15, -0.1) is 0 Å². The van der Waals surface area contributed by atoms with Crippen LogP contribution in [0.25, 0.3) is 6.08 Å². The van der Waals surface area contributed by atoms with Gasteiger partial charge < -0.3 is 19.9 Å². The van der Waals surface area contributed by atoms with Crippen LogP contribution in [0.3, 0.4) is 0 Å². The van der Waals surface area contributed by atoms with E-state index in [0.29, 0.717) is 15.0 Å². The average molecular weight is 444 g/mol. The van der Waals surface area contributed by atoms with Gasteiger partial charge in [-0.3, -0.25) is 14.5 Å². The lowest BCUT2D eigenvalue weighted by molar-refractivity contribution is -0.122. The standard InChI is InChI=1S/C20H16N2O6S2/c23-15-11-12(6-7-14(15)19(26)27)21-17(24)8-9-22-18(25)16(30-20(22)29)5-1-3-13-4-2-10-28-13/h1-7,10-11,23H,8-9H2,(H,21,24)(H,26,27)/b3-1+,16-5-. The first-order chi connectivity index (χ1) is 14.3. The van der Waals surface area contributed by atoms with Crippen molar-refractivity contribution in [1.29, 1.82) is 0 Å². The second-order valence-corrected chi connectivity index (χ2v) is 7.74. The number of carboxylic acid groups (broad SMARTS) is 1. The summed E-state index contributed by atoms with van der Waals surface area (Å²) in [5.41, 5.74) is -0.0192. The second kappa shape index (κ2) is 9.42. The molecule has 0 atom stereocenters. The summed E-state index contributed by atoms with van der Waals surface area (Å²) in [4.78, 5) is 37.4.